The second kappa shape index (κ2) is 6.13. The van der Waals surface area contributed by atoms with Crippen LogP contribution in [-0.2, 0) is 6.54 Å². The minimum atomic E-state index is -0.345. The van der Waals surface area contributed by atoms with Crippen molar-refractivity contribution in [3.63, 3.8) is 0 Å². The van der Waals surface area contributed by atoms with Crippen LogP contribution in [0.5, 0.6) is 0 Å². The van der Waals surface area contributed by atoms with Crippen LogP contribution in [-0.4, -0.2) is 38.3 Å². The zero-order chi connectivity index (χ0) is 15.5. The van der Waals surface area contributed by atoms with Gasteiger partial charge in [0.2, 0.25) is 0 Å². The number of carbonyl (C=O) groups excluding carboxylic acids is 1. The Labute approximate surface area is 128 Å². The Hall–Kier alpha value is -2.44. The van der Waals surface area contributed by atoms with Crippen LogP contribution in [0.15, 0.2) is 30.9 Å². The fourth-order valence-corrected chi connectivity index (χ4v) is 2.76. The summed E-state index contributed by atoms with van der Waals surface area (Å²) in [7, 11) is 0. The number of hydrogen-bond acceptors (Lipinski definition) is 3. The van der Waals surface area contributed by atoms with Gasteiger partial charge in [-0.1, -0.05) is 0 Å². The largest absolute Gasteiger partial charge is 0.334 e. The number of halogens is 1. The van der Waals surface area contributed by atoms with E-state index in [1.807, 2.05) is 11.8 Å². The smallest absolute Gasteiger partial charge is 0.317 e. The van der Waals surface area contributed by atoms with Gasteiger partial charge in [-0.05, 0) is 38.0 Å². The van der Waals surface area contributed by atoms with Crippen molar-refractivity contribution < 1.29 is 9.18 Å². The van der Waals surface area contributed by atoms with Gasteiger partial charge in [0.1, 0.15) is 18.5 Å². The summed E-state index contributed by atoms with van der Waals surface area (Å²) in [6, 6.07) is 4.54. The van der Waals surface area contributed by atoms with Gasteiger partial charge < -0.3 is 10.2 Å². The lowest BCUT2D eigenvalue weighted by molar-refractivity contribution is 0.195. The van der Waals surface area contributed by atoms with Crippen molar-refractivity contribution >= 4 is 6.03 Å². The number of amides is 2. The summed E-state index contributed by atoms with van der Waals surface area (Å²) in [5.41, 5.74) is 1.36. The maximum atomic E-state index is 13.5. The van der Waals surface area contributed by atoms with Crippen LogP contribution < -0.4 is 5.32 Å². The van der Waals surface area contributed by atoms with Crippen molar-refractivity contribution in [2.75, 3.05) is 6.54 Å². The molecule has 0 spiro atoms. The third kappa shape index (κ3) is 2.93. The first kappa shape index (κ1) is 14.5. The highest BCUT2D eigenvalue weighted by molar-refractivity contribution is 5.75. The molecule has 2 aromatic rings. The molecule has 1 aromatic heterocycles. The van der Waals surface area contributed by atoms with Crippen molar-refractivity contribution in [1.29, 1.82) is 0 Å². The monoisotopic (exact) mass is 303 g/mol. The second-order valence-corrected chi connectivity index (χ2v) is 5.46. The Morgan fingerprint density at radius 2 is 2.36 bits per heavy atom. The maximum Gasteiger partial charge on any atom is 0.317 e. The SMILES string of the molecule is C[C@@H]1CCCN1C(=O)NCc1cc(F)ccc1-n1cncn1. The standard InChI is InChI=1S/C15H18FN5O/c1-11-3-2-6-20(11)15(22)18-8-12-7-13(16)4-5-14(12)21-10-17-9-19-21/h4-5,7,9-11H,2-3,6,8H2,1H3,(H,18,22)/t11-/m1/s1. The summed E-state index contributed by atoms with van der Waals surface area (Å²) in [5.74, 6) is -0.345. The Morgan fingerprint density at radius 1 is 1.50 bits per heavy atom. The van der Waals surface area contributed by atoms with Crippen molar-refractivity contribution in [1.82, 2.24) is 25.0 Å². The van der Waals surface area contributed by atoms with Gasteiger partial charge in [0.05, 0.1) is 5.69 Å². The molecule has 116 valence electrons. The number of aromatic nitrogens is 3. The average Bonchev–Trinajstić information content (AvgIpc) is 3.16. The number of nitrogens with zero attached hydrogens (tertiary/aromatic N) is 4. The lowest BCUT2D eigenvalue weighted by Gasteiger charge is -2.22. The topological polar surface area (TPSA) is 63.1 Å². The molecule has 1 N–H and O–H groups in total. The van der Waals surface area contributed by atoms with Gasteiger partial charge in [0.15, 0.2) is 0 Å². The summed E-state index contributed by atoms with van der Waals surface area (Å²) in [6.45, 7) is 3.05. The summed E-state index contributed by atoms with van der Waals surface area (Å²) < 4.78 is 15.1. The normalized spacial score (nSPS) is 17.7. The molecule has 1 saturated heterocycles. The molecule has 1 fully saturated rings. The van der Waals surface area contributed by atoms with Crippen molar-refractivity contribution in [2.45, 2.75) is 32.4 Å². The number of likely N-dealkylation sites (tertiary alicyclic amines) is 1. The van der Waals surface area contributed by atoms with E-state index in [2.05, 4.69) is 15.4 Å². The van der Waals surface area contributed by atoms with E-state index in [-0.39, 0.29) is 24.4 Å². The number of hydrogen-bond donors (Lipinski definition) is 1. The molecule has 0 saturated carbocycles. The van der Waals surface area contributed by atoms with Crippen LogP contribution in [0.1, 0.15) is 25.3 Å². The molecule has 0 unspecified atom stereocenters. The highest BCUT2D eigenvalue weighted by atomic mass is 19.1. The molecule has 2 amide bonds. The number of nitrogens with one attached hydrogen (secondary N) is 1. The molecule has 6 nitrogen and oxygen atoms in total. The molecular formula is C15H18FN5O. The van der Waals surface area contributed by atoms with Gasteiger partial charge in [-0.3, -0.25) is 0 Å². The molecule has 0 radical (unpaired) electrons. The average molecular weight is 303 g/mol. The Kier molecular flexibility index (Phi) is 4.04. The van der Waals surface area contributed by atoms with E-state index in [1.165, 1.54) is 18.5 Å². The highest BCUT2D eigenvalue weighted by Crippen LogP contribution is 2.18. The quantitative estimate of drug-likeness (QED) is 0.944. The minimum Gasteiger partial charge on any atom is -0.334 e. The van der Waals surface area contributed by atoms with E-state index >= 15 is 0 Å². The van der Waals surface area contributed by atoms with Gasteiger partial charge in [0.25, 0.3) is 0 Å². The van der Waals surface area contributed by atoms with Gasteiger partial charge in [0, 0.05) is 24.7 Å². The first-order chi connectivity index (χ1) is 10.6. The molecule has 22 heavy (non-hydrogen) atoms. The maximum absolute atomic E-state index is 13.5. The number of urea groups is 1. The number of rotatable bonds is 3. The van der Waals surface area contributed by atoms with E-state index in [9.17, 15) is 9.18 Å². The molecule has 3 rings (SSSR count). The van der Waals surface area contributed by atoms with Crippen LogP contribution in [0.25, 0.3) is 5.69 Å². The first-order valence-corrected chi connectivity index (χ1v) is 7.33. The fraction of sp³-hybridized carbons (Fsp3) is 0.400. The van der Waals surface area contributed by atoms with E-state index in [0.29, 0.717) is 11.3 Å². The molecule has 0 bridgehead atoms. The van der Waals surface area contributed by atoms with Gasteiger partial charge in [-0.2, -0.15) is 5.10 Å². The minimum absolute atomic E-state index is 0.112. The molecule has 7 heteroatoms. The van der Waals surface area contributed by atoms with Crippen LogP contribution in [0.4, 0.5) is 9.18 Å². The van der Waals surface area contributed by atoms with E-state index in [4.69, 9.17) is 0 Å². The van der Waals surface area contributed by atoms with E-state index < -0.39 is 0 Å². The van der Waals surface area contributed by atoms with E-state index in [0.717, 1.165) is 19.4 Å². The Bertz CT molecular complexity index is 658. The Morgan fingerprint density at radius 3 is 3.05 bits per heavy atom. The third-order valence-corrected chi connectivity index (χ3v) is 3.95. The van der Waals surface area contributed by atoms with Crippen molar-refractivity contribution in [3.05, 3.63) is 42.2 Å². The number of carbonyl (C=O) groups is 1. The molecule has 2 heterocycles. The predicted octanol–water partition coefficient (Wildman–Crippen LogP) is 2.10. The molecule has 1 aliphatic heterocycles. The van der Waals surface area contributed by atoms with Crippen LogP contribution in [0, 0.1) is 5.82 Å². The molecule has 1 atom stereocenters. The zero-order valence-corrected chi connectivity index (χ0v) is 12.4. The van der Waals surface area contributed by atoms with E-state index in [1.54, 1.807) is 17.1 Å². The molecule has 1 aromatic carbocycles. The zero-order valence-electron chi connectivity index (χ0n) is 12.4. The fourth-order valence-electron chi connectivity index (χ4n) is 2.76. The number of benzene rings is 1. The molecule has 1 aliphatic rings. The predicted molar refractivity (Wildman–Crippen MR) is 79.0 cm³/mol. The molecule has 0 aliphatic carbocycles. The second-order valence-electron chi connectivity index (χ2n) is 5.46. The Balaban J connectivity index is 1.74. The van der Waals surface area contributed by atoms with Gasteiger partial charge >= 0.3 is 6.03 Å². The van der Waals surface area contributed by atoms with Crippen LogP contribution >= 0.6 is 0 Å². The molecular weight excluding hydrogens is 285 g/mol. The summed E-state index contributed by atoms with van der Waals surface area (Å²) in [6.07, 6.45) is 5.01. The van der Waals surface area contributed by atoms with Crippen molar-refractivity contribution in [2.24, 2.45) is 0 Å². The third-order valence-electron chi connectivity index (χ3n) is 3.95. The summed E-state index contributed by atoms with van der Waals surface area (Å²) in [4.78, 5) is 17.9. The van der Waals surface area contributed by atoms with Crippen LogP contribution in [0.3, 0.4) is 0 Å². The first-order valence-electron chi connectivity index (χ1n) is 7.33. The summed E-state index contributed by atoms with van der Waals surface area (Å²) >= 11 is 0. The lowest BCUT2D eigenvalue weighted by atomic mass is 10.1. The van der Waals surface area contributed by atoms with Crippen molar-refractivity contribution in [3.8, 4) is 5.69 Å². The van der Waals surface area contributed by atoms with Crippen LogP contribution in [0.2, 0.25) is 0 Å². The van der Waals surface area contributed by atoms with Gasteiger partial charge in [-0.15, -0.1) is 0 Å². The van der Waals surface area contributed by atoms with Gasteiger partial charge in [-0.25, -0.2) is 18.9 Å². The summed E-state index contributed by atoms with van der Waals surface area (Å²) in [5, 5.41) is 6.91. The lowest BCUT2D eigenvalue weighted by Crippen LogP contribution is -2.41. The highest BCUT2D eigenvalue weighted by Gasteiger charge is 2.24.